The molecule has 1 aromatic heterocycles. The number of rotatable bonds is 3. The predicted octanol–water partition coefficient (Wildman–Crippen LogP) is 10.9. The van der Waals surface area contributed by atoms with Crippen LogP contribution in [0, 0.1) is 0 Å². The summed E-state index contributed by atoms with van der Waals surface area (Å²) < 4.78 is 109. The van der Waals surface area contributed by atoms with Gasteiger partial charge in [0.1, 0.15) is 11.2 Å². The molecule has 0 atom stereocenters. The van der Waals surface area contributed by atoms with Crippen LogP contribution in [0.5, 0.6) is 0 Å². The van der Waals surface area contributed by atoms with Crippen LogP contribution in [0.2, 0.25) is 0 Å². The van der Waals surface area contributed by atoms with Crippen molar-refractivity contribution in [2.24, 2.45) is 0 Å². The summed E-state index contributed by atoms with van der Waals surface area (Å²) in [5.74, 6) is 0. The van der Waals surface area contributed by atoms with Crippen LogP contribution in [0.25, 0.3) is 76.9 Å². The van der Waals surface area contributed by atoms with E-state index in [1.165, 1.54) is 0 Å². The third-order valence-corrected chi connectivity index (χ3v) is 7.01. The number of benzene rings is 7. The molecule has 7 aromatic carbocycles. The fourth-order valence-corrected chi connectivity index (χ4v) is 5.36. The normalized spacial score (nSPS) is 15.9. The molecule has 8 aromatic rings. The molecule has 1 heterocycles. The third kappa shape index (κ3) is 3.48. The molecule has 0 N–H and O–H groups in total. The maximum Gasteiger partial charge on any atom is 0.135 e. The number of para-hydroxylation sites is 1. The van der Waals surface area contributed by atoms with Crippen molar-refractivity contribution in [1.29, 1.82) is 0 Å². The summed E-state index contributed by atoms with van der Waals surface area (Å²) in [5, 5.41) is 2.76. The van der Waals surface area contributed by atoms with Gasteiger partial charge in [-0.2, -0.15) is 0 Å². The van der Waals surface area contributed by atoms with Gasteiger partial charge in [0.25, 0.3) is 0 Å². The van der Waals surface area contributed by atoms with Crippen LogP contribution in [0.15, 0.2) is 150 Å². The molecule has 0 saturated carbocycles. The van der Waals surface area contributed by atoms with Crippen LogP contribution in [0.1, 0.15) is 16.4 Å². The minimum Gasteiger partial charge on any atom is -0.456 e. The lowest BCUT2D eigenvalue weighted by atomic mass is 9.85. The second-order valence-electron chi connectivity index (χ2n) is 9.18. The molecule has 39 heavy (non-hydrogen) atoms. The van der Waals surface area contributed by atoms with Crippen molar-refractivity contribution in [3.8, 4) is 33.4 Å². The molecule has 0 unspecified atom stereocenters. The van der Waals surface area contributed by atoms with Crippen molar-refractivity contribution >= 4 is 43.5 Å². The van der Waals surface area contributed by atoms with E-state index in [1.54, 1.807) is 18.2 Å². The first kappa shape index (κ1) is 13.1. The minimum atomic E-state index is -0.501. The Kier molecular flexibility index (Phi) is 2.92. The van der Waals surface area contributed by atoms with Crippen LogP contribution in [0.3, 0.4) is 0 Å². The lowest BCUT2D eigenvalue weighted by molar-refractivity contribution is 0.669. The molecule has 0 aliphatic rings. The largest absolute Gasteiger partial charge is 0.456 e. The van der Waals surface area contributed by atoms with Gasteiger partial charge in [-0.25, -0.2) is 0 Å². The first-order valence-corrected chi connectivity index (χ1v) is 12.4. The highest BCUT2D eigenvalue weighted by molar-refractivity contribution is 6.22. The van der Waals surface area contributed by atoms with Crippen LogP contribution < -0.4 is 0 Å². The lowest BCUT2D eigenvalue weighted by Gasteiger charge is -2.18. The zero-order chi connectivity index (χ0) is 36.2. The van der Waals surface area contributed by atoms with Gasteiger partial charge in [0, 0.05) is 10.8 Å². The van der Waals surface area contributed by atoms with E-state index in [0.29, 0.717) is 27.5 Å². The SMILES string of the molecule is [2H]c1c([2H])c([2H])c(-c2cccc(-c3c4ccccc4c(-c4c([2H])c([2H])c5oc6c([2H])c([2H])c([2H])c([2H])c6c5c4[2H])c4ccccc34)c2)c([2H])c1[2H]. The summed E-state index contributed by atoms with van der Waals surface area (Å²) in [5.41, 5.74) is 2.23. The smallest absolute Gasteiger partial charge is 0.135 e. The Balaban J connectivity index is 1.48. The summed E-state index contributed by atoms with van der Waals surface area (Å²) in [4.78, 5) is 0. The fourth-order valence-electron chi connectivity index (χ4n) is 5.36. The van der Waals surface area contributed by atoms with E-state index < -0.39 is 42.3 Å². The maximum absolute atomic E-state index is 9.49. The minimum absolute atomic E-state index is 0.0227. The zero-order valence-electron chi connectivity index (χ0n) is 32.3. The summed E-state index contributed by atoms with van der Waals surface area (Å²) in [6, 6.07) is 17.3. The van der Waals surface area contributed by atoms with Crippen LogP contribution >= 0.6 is 0 Å². The van der Waals surface area contributed by atoms with E-state index in [2.05, 4.69) is 0 Å². The lowest BCUT2D eigenvalue weighted by Crippen LogP contribution is -1.91. The molecule has 0 bridgehead atoms. The molecule has 8 rings (SSSR count). The average Bonchev–Trinajstić information content (AvgIpc) is 3.55. The fraction of sp³-hybridized carbons (Fsp3) is 0. The molecule has 0 aliphatic heterocycles. The van der Waals surface area contributed by atoms with Gasteiger partial charge in [-0.1, -0.05) is 121 Å². The van der Waals surface area contributed by atoms with Crippen molar-refractivity contribution < 1.29 is 20.9 Å². The summed E-state index contributed by atoms with van der Waals surface area (Å²) in [6.07, 6.45) is 0. The van der Waals surface area contributed by atoms with Crippen molar-refractivity contribution in [2.45, 2.75) is 0 Å². The van der Waals surface area contributed by atoms with Crippen LogP contribution in [-0.2, 0) is 0 Å². The molecule has 0 amide bonds. The summed E-state index contributed by atoms with van der Waals surface area (Å²) in [7, 11) is 0. The summed E-state index contributed by atoms with van der Waals surface area (Å²) >= 11 is 0. The van der Waals surface area contributed by atoms with Gasteiger partial charge in [-0.3, -0.25) is 0 Å². The van der Waals surface area contributed by atoms with Gasteiger partial charge >= 0.3 is 0 Å². The molecule has 1 heteroatoms. The number of fused-ring (bicyclic) bond motifs is 5. The zero-order valence-corrected chi connectivity index (χ0v) is 20.3. The quantitative estimate of drug-likeness (QED) is 0.216. The van der Waals surface area contributed by atoms with Gasteiger partial charge in [-0.15, -0.1) is 0 Å². The number of hydrogen-bond acceptors (Lipinski definition) is 1. The van der Waals surface area contributed by atoms with Crippen molar-refractivity contribution in [3.05, 3.63) is 145 Å². The van der Waals surface area contributed by atoms with E-state index >= 15 is 0 Å². The molecule has 0 saturated heterocycles. The Hall–Kier alpha value is -5.14. The molecule has 0 aliphatic carbocycles. The second kappa shape index (κ2) is 8.72. The maximum atomic E-state index is 9.49. The Morgan fingerprint density at radius 1 is 0.410 bits per heavy atom. The first-order valence-electron chi connectivity index (χ1n) is 18.4. The molecule has 0 radical (unpaired) electrons. The number of hydrogen-bond donors (Lipinski definition) is 0. The summed E-state index contributed by atoms with van der Waals surface area (Å²) in [6.45, 7) is 0. The highest BCUT2D eigenvalue weighted by Crippen LogP contribution is 2.45. The van der Waals surface area contributed by atoms with Crippen molar-refractivity contribution in [3.63, 3.8) is 0 Å². The van der Waals surface area contributed by atoms with Crippen molar-refractivity contribution in [2.75, 3.05) is 0 Å². The molecule has 1 nitrogen and oxygen atoms in total. The molecular weight excluding hydrogens is 472 g/mol. The highest BCUT2D eigenvalue weighted by atomic mass is 16.3. The standard InChI is InChI=1S/C38H24O/c1-2-11-25(12-3-1)26-13-10-14-27(23-26)37-30-16-4-6-18-32(30)38(33-19-7-5-17-31(33)37)28-21-22-36-34(24-28)29-15-8-9-20-35(29)39-36/h1-24H/i1D,2D,3D,8D,9D,11D,12D,15D,20D,21D,22D,24D. The Morgan fingerprint density at radius 3 is 1.72 bits per heavy atom. The Labute approximate surface area is 243 Å². The monoisotopic (exact) mass is 508 g/mol. The molecule has 182 valence electrons. The second-order valence-corrected chi connectivity index (χ2v) is 9.18. The van der Waals surface area contributed by atoms with E-state index in [4.69, 9.17) is 18.1 Å². The van der Waals surface area contributed by atoms with Gasteiger partial charge < -0.3 is 4.42 Å². The van der Waals surface area contributed by atoms with Gasteiger partial charge in [0.05, 0.1) is 16.4 Å². The average molecular weight is 509 g/mol. The van der Waals surface area contributed by atoms with Crippen LogP contribution in [0.4, 0.5) is 0 Å². The van der Waals surface area contributed by atoms with E-state index in [9.17, 15) is 2.74 Å². The van der Waals surface area contributed by atoms with Gasteiger partial charge in [0.2, 0.25) is 0 Å². The molecule has 0 spiro atoms. The van der Waals surface area contributed by atoms with E-state index in [-0.39, 0.29) is 63.3 Å². The van der Waals surface area contributed by atoms with Gasteiger partial charge in [0.15, 0.2) is 0 Å². The van der Waals surface area contributed by atoms with Gasteiger partial charge in [-0.05, 0) is 79.1 Å². The first-order chi connectivity index (χ1) is 24.3. The Morgan fingerprint density at radius 2 is 1.00 bits per heavy atom. The molecule has 0 fully saturated rings. The predicted molar refractivity (Wildman–Crippen MR) is 165 cm³/mol. The Bertz CT molecular complexity index is 2750. The van der Waals surface area contributed by atoms with Crippen molar-refractivity contribution in [1.82, 2.24) is 0 Å². The third-order valence-electron chi connectivity index (χ3n) is 7.01. The topological polar surface area (TPSA) is 13.1 Å². The van der Waals surface area contributed by atoms with Crippen LogP contribution in [-0.4, -0.2) is 0 Å². The highest BCUT2D eigenvalue weighted by Gasteiger charge is 2.18. The van der Waals surface area contributed by atoms with E-state index in [1.807, 2.05) is 54.6 Å². The number of furan rings is 1. The molecular formula is C38H24O. The van der Waals surface area contributed by atoms with E-state index in [0.717, 1.165) is 16.3 Å².